The maximum Gasteiger partial charge on any atom is 0.187 e. The third-order valence-electron chi connectivity index (χ3n) is 21.2. The van der Waals surface area contributed by atoms with Crippen LogP contribution in [0.25, 0.3) is 0 Å². The lowest BCUT2D eigenvalue weighted by atomic mass is 9.43. The highest BCUT2D eigenvalue weighted by Gasteiger charge is 2.68. The summed E-state index contributed by atoms with van der Waals surface area (Å²) in [6.07, 6.45) is -38.6. The van der Waals surface area contributed by atoms with E-state index < -0.39 is 203 Å². The zero-order chi connectivity index (χ0) is 60.6. The van der Waals surface area contributed by atoms with Crippen LogP contribution in [-0.2, 0) is 61.6 Å². The lowest BCUT2D eigenvalue weighted by Crippen LogP contribution is -2.69. The maximum absolute atomic E-state index is 14.7. The molecule has 4 saturated carbocycles. The second-order valence-corrected chi connectivity index (χ2v) is 26.3. The van der Waals surface area contributed by atoms with Crippen molar-refractivity contribution in [1.29, 1.82) is 0 Å². The Morgan fingerprint density at radius 2 is 1.06 bits per heavy atom. The number of ether oxygens (including phenoxy) is 12. The Bertz CT molecular complexity index is 2180. The van der Waals surface area contributed by atoms with E-state index in [0.717, 1.165) is 19.3 Å². The predicted octanol–water partition coefficient (Wildman–Crippen LogP) is -4.88. The van der Waals surface area contributed by atoms with Crippen LogP contribution >= 0.6 is 0 Å². The summed E-state index contributed by atoms with van der Waals surface area (Å²) in [4.78, 5) is 14.7. The minimum Gasteiger partial charge on any atom is -0.394 e. The summed E-state index contributed by atoms with van der Waals surface area (Å²) in [6, 6.07) is 0. The van der Waals surface area contributed by atoms with E-state index >= 15 is 0 Å². The zero-order valence-electron chi connectivity index (χ0n) is 48.1. The highest BCUT2D eigenvalue weighted by atomic mass is 16.8. The van der Waals surface area contributed by atoms with Gasteiger partial charge in [-0.25, -0.2) is 0 Å². The Morgan fingerprint density at radius 1 is 0.512 bits per heavy atom. The first-order chi connectivity index (χ1) is 39.8. The van der Waals surface area contributed by atoms with Gasteiger partial charge in [0, 0.05) is 18.3 Å². The Morgan fingerprint density at radius 3 is 1.65 bits per heavy atom. The van der Waals surface area contributed by atoms with Crippen molar-refractivity contribution < 1.29 is 138 Å². The van der Waals surface area contributed by atoms with Gasteiger partial charge in [-0.3, -0.25) is 4.79 Å². The van der Waals surface area contributed by atoms with E-state index in [4.69, 9.17) is 56.8 Å². The molecule has 84 heavy (non-hydrogen) atoms. The van der Waals surface area contributed by atoms with Gasteiger partial charge in [0.1, 0.15) is 116 Å². The van der Waals surface area contributed by atoms with Crippen molar-refractivity contribution in [1.82, 2.24) is 0 Å². The van der Waals surface area contributed by atoms with Crippen molar-refractivity contribution in [2.24, 2.45) is 46.3 Å². The maximum atomic E-state index is 14.7. The number of ketones is 1. The highest BCUT2D eigenvalue weighted by molar-refractivity contribution is 5.87. The molecule has 0 aromatic carbocycles. The van der Waals surface area contributed by atoms with Crippen LogP contribution in [0.1, 0.15) is 92.4 Å². The highest BCUT2D eigenvalue weighted by Crippen LogP contribution is 2.67. The summed E-state index contributed by atoms with van der Waals surface area (Å²) in [5.74, 6) is -0.409. The van der Waals surface area contributed by atoms with Gasteiger partial charge in [-0.05, 0) is 92.8 Å². The van der Waals surface area contributed by atoms with Gasteiger partial charge in [0.2, 0.25) is 0 Å². The average molecular weight is 1210 g/mol. The molecule has 484 valence electrons. The second-order valence-electron chi connectivity index (χ2n) is 26.3. The Labute approximate surface area is 486 Å². The molecule has 0 radical (unpaired) electrons. The van der Waals surface area contributed by atoms with E-state index in [0.29, 0.717) is 51.0 Å². The third kappa shape index (κ3) is 12.1. The number of rotatable bonds is 16. The van der Waals surface area contributed by atoms with Gasteiger partial charge in [0.15, 0.2) is 37.2 Å². The van der Waals surface area contributed by atoms with Crippen molar-refractivity contribution in [2.45, 2.75) is 258 Å². The SMILES string of the molecule is CC[C@H]1[C@@H](O[C@@]2(C)CC[C@@H](C)CO2)C[C@H]2[C@@H]3C[C@H](O)[C@H]4C[C@@H](OC5OC(CO)C(OC6OC(CO)C(O)C(OC7OCC(O)C(O)C7O)C6OC6OC(CO)C(O)C(OC7OCC(O)C(O)C7O)C6O)C(O)C5O)CC[C@]4(C)[C@H]3CC(=O)[C@@]21C. The molecular weight excluding hydrogens is 1120 g/mol. The topological polar surface area (TPSA) is 431 Å². The molecule has 28 nitrogen and oxygen atoms in total. The Kier molecular flexibility index (Phi) is 20.3. The molecule has 0 aromatic heterocycles. The smallest absolute Gasteiger partial charge is 0.187 e. The molecule has 10 fully saturated rings. The van der Waals surface area contributed by atoms with Gasteiger partial charge in [0.05, 0.1) is 58.0 Å². The molecule has 0 aromatic rings. The number of aliphatic hydroxyl groups excluding tert-OH is 15. The lowest BCUT2D eigenvalue weighted by Gasteiger charge is -2.61. The first-order valence-corrected chi connectivity index (χ1v) is 30.1. The monoisotopic (exact) mass is 1210 g/mol. The minimum absolute atomic E-state index is 0.0105. The van der Waals surface area contributed by atoms with Crippen molar-refractivity contribution in [3.63, 3.8) is 0 Å². The summed E-state index contributed by atoms with van der Waals surface area (Å²) < 4.78 is 72.6. The fourth-order valence-corrected chi connectivity index (χ4v) is 16.1. The van der Waals surface area contributed by atoms with Crippen LogP contribution in [0.15, 0.2) is 0 Å². The van der Waals surface area contributed by atoms with Crippen LogP contribution in [0, 0.1) is 46.3 Å². The standard InChI is InChI=1S/C56H92O28/c1-6-24-31(84-55(4)10-7-21(2)18-75-55)13-26-23-12-28(60)27-11-22(8-9-54(27,3)25(23)14-35(63)56(24,26)5)76-51-43(71)40(68)45(34(17-59)79-51)80-53-48(47(39(67)33(16-58)78-53)82-50-42(70)37(65)30(62)20-74-50)83-52-44(72)46(38(66)32(15-57)77-52)81-49-41(69)36(64)29(61)19-73-49/h21-34,36-53,57-62,64-72H,6-20H2,1-5H3/t21-,22+,23-,24+,25+,26+,27-,28+,29?,30?,31+,32?,33?,34?,36?,37?,38?,39?,40?,41?,42?,43?,44?,45?,46?,47?,48?,49?,50?,51?,52?,53?,54-,55+,56-/m1/s1. The van der Waals surface area contributed by atoms with Gasteiger partial charge >= 0.3 is 0 Å². The number of hydrogen-bond acceptors (Lipinski definition) is 28. The summed E-state index contributed by atoms with van der Waals surface area (Å²) in [7, 11) is 0. The largest absolute Gasteiger partial charge is 0.394 e. The van der Waals surface area contributed by atoms with Crippen molar-refractivity contribution >= 4 is 5.78 Å². The van der Waals surface area contributed by atoms with Crippen molar-refractivity contribution in [3.05, 3.63) is 0 Å². The van der Waals surface area contributed by atoms with E-state index in [2.05, 4.69) is 27.7 Å². The average Bonchev–Trinajstić information content (AvgIpc) is 1.62. The summed E-state index contributed by atoms with van der Waals surface area (Å²) >= 11 is 0. The summed E-state index contributed by atoms with van der Waals surface area (Å²) in [5, 5.41) is 165. The van der Waals surface area contributed by atoms with E-state index in [-0.39, 0.29) is 41.5 Å². The molecule has 6 aliphatic heterocycles. The quantitative estimate of drug-likeness (QED) is 0.0644. The van der Waals surface area contributed by atoms with E-state index in [1.807, 2.05) is 6.92 Å². The molecule has 0 bridgehead atoms. The van der Waals surface area contributed by atoms with Crippen LogP contribution in [-0.4, -0.2) is 287 Å². The van der Waals surface area contributed by atoms with E-state index in [1.165, 1.54) is 0 Å². The molecule has 15 N–H and O–H groups in total. The van der Waals surface area contributed by atoms with E-state index in [9.17, 15) is 81.4 Å². The van der Waals surface area contributed by atoms with Crippen molar-refractivity contribution in [3.8, 4) is 0 Å². The lowest BCUT2D eigenvalue weighted by molar-refractivity contribution is -0.408. The molecular formula is C56H92O28. The number of hydrogen-bond donors (Lipinski definition) is 15. The number of aliphatic hydroxyl groups is 15. The molecule has 4 aliphatic carbocycles. The Hall–Kier alpha value is -1.41. The van der Waals surface area contributed by atoms with Crippen LogP contribution in [0.2, 0.25) is 0 Å². The minimum atomic E-state index is -2.14. The molecule has 0 amide bonds. The second kappa shape index (κ2) is 26.1. The first kappa shape index (κ1) is 65.5. The van der Waals surface area contributed by atoms with E-state index in [1.54, 1.807) is 0 Å². The van der Waals surface area contributed by atoms with Gasteiger partial charge in [-0.2, -0.15) is 0 Å². The van der Waals surface area contributed by atoms with Gasteiger partial charge in [-0.1, -0.05) is 27.7 Å². The summed E-state index contributed by atoms with van der Waals surface area (Å²) in [5.41, 5.74) is -1.10. The fourth-order valence-electron chi connectivity index (χ4n) is 16.1. The number of carbonyl (C=O) groups excluding carboxylic acids is 1. The molecule has 10 aliphatic rings. The van der Waals surface area contributed by atoms with Crippen LogP contribution in [0.5, 0.6) is 0 Å². The van der Waals surface area contributed by atoms with Gasteiger partial charge in [0.25, 0.3) is 0 Å². The molecule has 0 spiro atoms. The van der Waals surface area contributed by atoms with Crippen molar-refractivity contribution in [2.75, 3.05) is 39.6 Å². The fraction of sp³-hybridized carbons (Fsp3) is 0.982. The molecule has 10 rings (SSSR count). The van der Waals surface area contributed by atoms with Gasteiger partial charge < -0.3 is 133 Å². The normalized spacial score (nSPS) is 55.5. The predicted molar refractivity (Wildman–Crippen MR) is 277 cm³/mol. The Balaban J connectivity index is 0.849. The number of fused-ring (bicyclic) bond motifs is 5. The van der Waals surface area contributed by atoms with Gasteiger partial charge in [-0.15, -0.1) is 0 Å². The van der Waals surface area contributed by atoms with Crippen LogP contribution in [0.3, 0.4) is 0 Å². The summed E-state index contributed by atoms with van der Waals surface area (Å²) in [6.45, 7) is 7.21. The molecule has 28 heteroatoms. The van der Waals surface area contributed by atoms with Crippen LogP contribution in [0.4, 0.5) is 0 Å². The number of carbonyl (C=O) groups is 1. The number of Topliss-reactive ketones (excluding diaryl/α,β-unsaturated/α-hetero) is 1. The zero-order valence-corrected chi connectivity index (χ0v) is 48.1. The molecule has 23 unspecified atom stereocenters. The first-order valence-electron chi connectivity index (χ1n) is 30.1. The van der Waals surface area contributed by atoms with Crippen LogP contribution < -0.4 is 0 Å². The molecule has 6 saturated heterocycles. The third-order valence-corrected chi connectivity index (χ3v) is 21.2. The molecule has 6 heterocycles. The molecule has 35 atom stereocenters.